The summed E-state index contributed by atoms with van der Waals surface area (Å²) >= 11 is 0. The Bertz CT molecular complexity index is 479. The van der Waals surface area contributed by atoms with E-state index in [0.29, 0.717) is 6.04 Å². The van der Waals surface area contributed by atoms with Crippen LogP contribution >= 0.6 is 0 Å². The van der Waals surface area contributed by atoms with E-state index in [4.69, 9.17) is 0 Å². The van der Waals surface area contributed by atoms with E-state index in [2.05, 4.69) is 35.3 Å². The molecule has 0 aliphatic heterocycles. The number of anilines is 1. The first-order valence-corrected chi connectivity index (χ1v) is 7.03. The van der Waals surface area contributed by atoms with Crippen molar-refractivity contribution in [2.24, 2.45) is 0 Å². The summed E-state index contributed by atoms with van der Waals surface area (Å²) in [5, 5.41) is 7.78. The maximum atomic E-state index is 4.41. The van der Waals surface area contributed by atoms with E-state index in [1.54, 1.807) is 17.1 Å². The summed E-state index contributed by atoms with van der Waals surface area (Å²) in [6, 6.07) is 6.36. The minimum Gasteiger partial charge on any atom is -0.380 e. The van der Waals surface area contributed by atoms with Crippen LogP contribution in [0.25, 0.3) is 5.82 Å². The van der Waals surface area contributed by atoms with Crippen molar-refractivity contribution in [1.82, 2.24) is 14.8 Å². The summed E-state index contributed by atoms with van der Waals surface area (Å²) in [7, 11) is 0. The Labute approximate surface area is 114 Å². The van der Waals surface area contributed by atoms with Gasteiger partial charge in [0.2, 0.25) is 0 Å². The lowest BCUT2D eigenvalue weighted by Gasteiger charge is -2.17. The van der Waals surface area contributed by atoms with Crippen LogP contribution in [-0.2, 0) is 0 Å². The monoisotopic (exact) mass is 258 g/mol. The van der Waals surface area contributed by atoms with Gasteiger partial charge >= 0.3 is 0 Å². The number of nitrogens with one attached hydrogen (secondary N) is 1. The van der Waals surface area contributed by atoms with Gasteiger partial charge in [-0.1, -0.05) is 26.2 Å². The molecular formula is C15H22N4. The molecular weight excluding hydrogens is 236 g/mol. The molecule has 1 atom stereocenters. The molecule has 2 aromatic rings. The summed E-state index contributed by atoms with van der Waals surface area (Å²) < 4.78 is 1.79. The molecule has 2 heterocycles. The van der Waals surface area contributed by atoms with Gasteiger partial charge in [-0.05, 0) is 31.5 Å². The third-order valence-electron chi connectivity index (χ3n) is 3.15. The minimum atomic E-state index is 0.449. The largest absolute Gasteiger partial charge is 0.380 e. The van der Waals surface area contributed by atoms with Crippen LogP contribution in [0.1, 0.15) is 39.5 Å². The van der Waals surface area contributed by atoms with Crippen molar-refractivity contribution in [3.63, 3.8) is 0 Å². The highest BCUT2D eigenvalue weighted by Gasteiger charge is 2.08. The average molecular weight is 258 g/mol. The molecule has 2 rings (SSSR count). The van der Waals surface area contributed by atoms with Gasteiger partial charge in [0.1, 0.15) is 0 Å². The fourth-order valence-electron chi connectivity index (χ4n) is 2.12. The molecule has 1 N–H and O–H groups in total. The minimum absolute atomic E-state index is 0.449. The molecule has 4 heteroatoms. The van der Waals surface area contributed by atoms with Crippen LogP contribution < -0.4 is 5.32 Å². The Morgan fingerprint density at radius 1 is 1.26 bits per heavy atom. The number of hydrogen-bond donors (Lipinski definition) is 1. The molecule has 102 valence electrons. The van der Waals surface area contributed by atoms with E-state index < -0.39 is 0 Å². The van der Waals surface area contributed by atoms with Crippen molar-refractivity contribution in [2.45, 2.75) is 45.6 Å². The Morgan fingerprint density at radius 2 is 2.16 bits per heavy atom. The van der Waals surface area contributed by atoms with Gasteiger partial charge in [0, 0.05) is 24.6 Å². The second kappa shape index (κ2) is 6.92. The first kappa shape index (κ1) is 13.6. The van der Waals surface area contributed by atoms with Crippen LogP contribution in [0.3, 0.4) is 0 Å². The molecule has 0 aliphatic carbocycles. The summed E-state index contributed by atoms with van der Waals surface area (Å²) in [6.07, 6.45) is 10.5. The number of pyridine rings is 1. The zero-order valence-electron chi connectivity index (χ0n) is 11.7. The van der Waals surface area contributed by atoms with E-state index in [-0.39, 0.29) is 0 Å². The van der Waals surface area contributed by atoms with Crippen LogP contribution in [0.4, 0.5) is 5.69 Å². The standard InChI is InChI=1S/C15H22N4/c1-3-4-5-8-13(2)18-14-9-6-10-16-15(14)19-12-7-11-17-19/h6-7,9-13,18H,3-5,8H2,1-2H3. The molecule has 0 aromatic carbocycles. The fourth-order valence-corrected chi connectivity index (χ4v) is 2.12. The number of nitrogens with zero attached hydrogens (tertiary/aromatic N) is 3. The van der Waals surface area contributed by atoms with Crippen LogP contribution in [-0.4, -0.2) is 20.8 Å². The lowest BCUT2D eigenvalue weighted by atomic mass is 10.1. The highest BCUT2D eigenvalue weighted by Crippen LogP contribution is 2.18. The molecule has 0 saturated carbocycles. The molecule has 0 radical (unpaired) electrons. The molecule has 4 nitrogen and oxygen atoms in total. The fraction of sp³-hybridized carbons (Fsp3) is 0.467. The lowest BCUT2D eigenvalue weighted by Crippen LogP contribution is -2.17. The molecule has 0 aliphatic rings. The van der Waals surface area contributed by atoms with Crippen molar-refractivity contribution < 1.29 is 0 Å². The quantitative estimate of drug-likeness (QED) is 0.771. The number of aromatic nitrogens is 3. The van der Waals surface area contributed by atoms with E-state index >= 15 is 0 Å². The van der Waals surface area contributed by atoms with Gasteiger partial charge < -0.3 is 5.32 Å². The maximum Gasteiger partial charge on any atom is 0.176 e. The third kappa shape index (κ3) is 3.81. The molecule has 0 spiro atoms. The highest BCUT2D eigenvalue weighted by molar-refractivity contribution is 5.56. The Balaban J connectivity index is 2.04. The summed E-state index contributed by atoms with van der Waals surface area (Å²) in [4.78, 5) is 4.41. The van der Waals surface area contributed by atoms with E-state index in [0.717, 1.165) is 11.5 Å². The van der Waals surface area contributed by atoms with Crippen LogP contribution in [0.2, 0.25) is 0 Å². The van der Waals surface area contributed by atoms with E-state index in [1.165, 1.54) is 25.7 Å². The van der Waals surface area contributed by atoms with Crippen LogP contribution in [0.5, 0.6) is 0 Å². The Morgan fingerprint density at radius 3 is 2.89 bits per heavy atom. The molecule has 2 aromatic heterocycles. The van der Waals surface area contributed by atoms with Gasteiger partial charge in [-0.15, -0.1) is 0 Å². The smallest absolute Gasteiger partial charge is 0.176 e. The Kier molecular flexibility index (Phi) is 4.95. The zero-order chi connectivity index (χ0) is 13.5. The second-order valence-electron chi connectivity index (χ2n) is 4.87. The second-order valence-corrected chi connectivity index (χ2v) is 4.87. The van der Waals surface area contributed by atoms with E-state index in [9.17, 15) is 0 Å². The molecule has 0 fully saturated rings. The molecule has 0 saturated heterocycles. The number of rotatable bonds is 7. The third-order valence-corrected chi connectivity index (χ3v) is 3.15. The normalized spacial score (nSPS) is 12.3. The van der Waals surface area contributed by atoms with Gasteiger partial charge in [0.05, 0.1) is 5.69 Å². The summed E-state index contributed by atoms with van der Waals surface area (Å²) in [5.74, 6) is 0.856. The van der Waals surface area contributed by atoms with Gasteiger partial charge in [-0.2, -0.15) is 5.10 Å². The SMILES string of the molecule is CCCCCC(C)Nc1cccnc1-n1cccn1. The lowest BCUT2D eigenvalue weighted by molar-refractivity contribution is 0.614. The van der Waals surface area contributed by atoms with Crippen LogP contribution in [0, 0.1) is 0 Å². The topological polar surface area (TPSA) is 42.7 Å². The van der Waals surface area contributed by atoms with Crippen molar-refractivity contribution in [1.29, 1.82) is 0 Å². The molecule has 1 unspecified atom stereocenters. The van der Waals surface area contributed by atoms with Gasteiger partial charge in [0.25, 0.3) is 0 Å². The molecule has 19 heavy (non-hydrogen) atoms. The van der Waals surface area contributed by atoms with Gasteiger partial charge in [0.15, 0.2) is 5.82 Å². The van der Waals surface area contributed by atoms with Gasteiger partial charge in [-0.25, -0.2) is 9.67 Å². The van der Waals surface area contributed by atoms with Crippen molar-refractivity contribution in [3.05, 3.63) is 36.8 Å². The number of hydrogen-bond acceptors (Lipinski definition) is 3. The summed E-state index contributed by atoms with van der Waals surface area (Å²) in [5.41, 5.74) is 1.04. The first-order chi connectivity index (χ1) is 9.31. The first-order valence-electron chi connectivity index (χ1n) is 7.03. The van der Waals surface area contributed by atoms with Crippen molar-refractivity contribution in [3.8, 4) is 5.82 Å². The van der Waals surface area contributed by atoms with Crippen LogP contribution in [0.15, 0.2) is 36.8 Å². The number of unbranched alkanes of at least 4 members (excludes halogenated alkanes) is 2. The maximum absolute atomic E-state index is 4.41. The average Bonchev–Trinajstić information content (AvgIpc) is 2.93. The van der Waals surface area contributed by atoms with Crippen molar-refractivity contribution in [2.75, 3.05) is 5.32 Å². The van der Waals surface area contributed by atoms with Crippen molar-refractivity contribution >= 4 is 5.69 Å². The van der Waals surface area contributed by atoms with Gasteiger partial charge in [-0.3, -0.25) is 0 Å². The molecule has 0 bridgehead atoms. The predicted octanol–water partition coefficient (Wildman–Crippen LogP) is 3.65. The zero-order valence-corrected chi connectivity index (χ0v) is 11.7. The Hall–Kier alpha value is -1.84. The van der Waals surface area contributed by atoms with E-state index in [1.807, 2.05) is 18.3 Å². The summed E-state index contributed by atoms with van der Waals surface area (Å²) in [6.45, 7) is 4.45. The predicted molar refractivity (Wildman–Crippen MR) is 78.6 cm³/mol. The highest BCUT2D eigenvalue weighted by atomic mass is 15.3. The molecule has 0 amide bonds.